The number of halogens is 3. The first kappa shape index (κ1) is 18.5. The second-order valence-electron chi connectivity index (χ2n) is 7.24. The molecule has 6 heteroatoms. The van der Waals surface area contributed by atoms with E-state index in [1.165, 1.54) is 6.07 Å². The van der Waals surface area contributed by atoms with Gasteiger partial charge in [0.1, 0.15) is 0 Å². The minimum Gasteiger partial charge on any atom is -0.504 e. The van der Waals surface area contributed by atoms with Gasteiger partial charge < -0.3 is 14.8 Å². The van der Waals surface area contributed by atoms with Crippen molar-refractivity contribution in [2.75, 3.05) is 5.32 Å². The lowest BCUT2D eigenvalue weighted by atomic mass is 10.0. The molecule has 0 atom stereocenters. The lowest BCUT2D eigenvalue weighted by molar-refractivity contribution is -0.137. The molecular formula is C22H20F3NO2. The zero-order chi connectivity index (χ0) is 19.9. The van der Waals surface area contributed by atoms with Gasteiger partial charge in [-0.05, 0) is 43.0 Å². The van der Waals surface area contributed by atoms with E-state index >= 15 is 0 Å². The van der Waals surface area contributed by atoms with E-state index < -0.39 is 11.7 Å². The van der Waals surface area contributed by atoms with Crippen LogP contribution in [0.4, 0.5) is 19.1 Å². The Bertz CT molecular complexity index is 1000. The number of alkyl halides is 3. The molecule has 2 aromatic carbocycles. The summed E-state index contributed by atoms with van der Waals surface area (Å²) in [5.74, 6) is 0.534. The molecule has 3 aromatic rings. The number of furan rings is 1. The summed E-state index contributed by atoms with van der Waals surface area (Å²) in [7, 11) is 0. The van der Waals surface area contributed by atoms with Crippen LogP contribution in [0.1, 0.15) is 35.3 Å². The van der Waals surface area contributed by atoms with Crippen LogP contribution in [-0.2, 0) is 12.6 Å². The molecule has 1 heterocycles. The Morgan fingerprint density at radius 1 is 1.11 bits per heavy atom. The molecule has 1 saturated carbocycles. The first-order valence-corrected chi connectivity index (χ1v) is 9.15. The molecule has 3 nitrogen and oxygen atoms in total. The Kier molecular flexibility index (Phi) is 4.57. The summed E-state index contributed by atoms with van der Waals surface area (Å²) in [5.41, 5.74) is 1.83. The molecule has 0 bridgehead atoms. The van der Waals surface area contributed by atoms with Crippen LogP contribution < -0.4 is 5.32 Å². The van der Waals surface area contributed by atoms with Crippen LogP contribution in [0.2, 0.25) is 0 Å². The number of nitrogens with one attached hydrogen (secondary N) is 1. The van der Waals surface area contributed by atoms with Gasteiger partial charge in [0.25, 0.3) is 0 Å². The fourth-order valence-corrected chi connectivity index (χ4v) is 3.23. The first-order valence-electron chi connectivity index (χ1n) is 9.15. The predicted octanol–water partition coefficient (Wildman–Crippen LogP) is 6.14. The van der Waals surface area contributed by atoms with Gasteiger partial charge in [0.15, 0.2) is 11.5 Å². The smallest absolute Gasteiger partial charge is 0.416 e. The summed E-state index contributed by atoms with van der Waals surface area (Å²) in [6.45, 7) is 1.97. The van der Waals surface area contributed by atoms with Crippen molar-refractivity contribution in [3.05, 3.63) is 71.0 Å². The van der Waals surface area contributed by atoms with Crippen LogP contribution >= 0.6 is 0 Å². The molecule has 0 amide bonds. The number of aryl methyl sites for hydroxylation is 1. The van der Waals surface area contributed by atoms with E-state index in [1.54, 1.807) is 6.07 Å². The van der Waals surface area contributed by atoms with Crippen molar-refractivity contribution in [3.8, 4) is 16.9 Å². The largest absolute Gasteiger partial charge is 0.504 e. The molecule has 0 aliphatic heterocycles. The van der Waals surface area contributed by atoms with Gasteiger partial charge in [0.2, 0.25) is 5.88 Å². The molecule has 1 aliphatic rings. The topological polar surface area (TPSA) is 45.4 Å². The van der Waals surface area contributed by atoms with Gasteiger partial charge >= 0.3 is 6.18 Å². The molecule has 0 saturated heterocycles. The normalized spacial score (nSPS) is 14.3. The average Bonchev–Trinajstić information content (AvgIpc) is 3.39. The fourth-order valence-electron chi connectivity index (χ4n) is 3.23. The highest BCUT2D eigenvalue weighted by Crippen LogP contribution is 2.45. The molecule has 1 fully saturated rings. The quantitative estimate of drug-likeness (QED) is 0.552. The number of aromatic hydroxyl groups is 1. The van der Waals surface area contributed by atoms with E-state index in [-0.39, 0.29) is 22.9 Å². The number of rotatable bonds is 5. The highest BCUT2D eigenvalue weighted by Gasteiger charge is 2.32. The van der Waals surface area contributed by atoms with E-state index in [2.05, 4.69) is 5.32 Å². The Balaban J connectivity index is 1.76. The van der Waals surface area contributed by atoms with Crippen LogP contribution in [0, 0.1) is 6.92 Å². The first-order chi connectivity index (χ1) is 13.3. The average molecular weight is 387 g/mol. The highest BCUT2D eigenvalue weighted by molar-refractivity contribution is 5.82. The van der Waals surface area contributed by atoms with Crippen molar-refractivity contribution < 1.29 is 22.7 Å². The van der Waals surface area contributed by atoms with E-state index in [1.807, 2.05) is 31.2 Å². The summed E-state index contributed by atoms with van der Waals surface area (Å²) >= 11 is 0. The molecular weight excluding hydrogens is 367 g/mol. The lowest BCUT2D eigenvalue weighted by Gasteiger charge is -2.09. The monoisotopic (exact) mass is 387 g/mol. The van der Waals surface area contributed by atoms with Crippen LogP contribution in [0.3, 0.4) is 0 Å². The van der Waals surface area contributed by atoms with E-state index in [9.17, 15) is 18.3 Å². The van der Waals surface area contributed by atoms with Gasteiger partial charge in [0.05, 0.1) is 11.1 Å². The summed E-state index contributed by atoms with van der Waals surface area (Å²) < 4.78 is 45.3. The third kappa shape index (κ3) is 3.86. The lowest BCUT2D eigenvalue weighted by Crippen LogP contribution is -2.05. The molecule has 1 aromatic heterocycles. The zero-order valence-corrected chi connectivity index (χ0v) is 15.3. The van der Waals surface area contributed by atoms with Crippen LogP contribution in [-0.4, -0.2) is 11.1 Å². The van der Waals surface area contributed by atoms with Crippen molar-refractivity contribution >= 4 is 5.88 Å². The van der Waals surface area contributed by atoms with E-state index in [0.717, 1.165) is 36.1 Å². The molecule has 0 radical (unpaired) electrons. The Hall–Kier alpha value is -2.89. The van der Waals surface area contributed by atoms with Gasteiger partial charge in [-0.3, -0.25) is 0 Å². The van der Waals surface area contributed by atoms with Gasteiger partial charge in [-0.15, -0.1) is 0 Å². The number of anilines is 1. The van der Waals surface area contributed by atoms with Gasteiger partial charge in [-0.25, -0.2) is 0 Å². The number of hydrogen-bond donors (Lipinski definition) is 2. The molecule has 28 heavy (non-hydrogen) atoms. The fraction of sp³-hybridized carbons (Fsp3) is 0.273. The second kappa shape index (κ2) is 6.93. The van der Waals surface area contributed by atoms with Crippen LogP contribution in [0.5, 0.6) is 5.75 Å². The molecule has 0 unspecified atom stereocenters. The van der Waals surface area contributed by atoms with Crippen LogP contribution in [0.15, 0.2) is 52.9 Å². The molecule has 2 N–H and O–H groups in total. The van der Waals surface area contributed by atoms with Gasteiger partial charge in [-0.2, -0.15) is 13.2 Å². The van der Waals surface area contributed by atoms with Crippen molar-refractivity contribution in [1.82, 2.24) is 0 Å². The number of hydrogen-bond acceptors (Lipinski definition) is 3. The van der Waals surface area contributed by atoms with Crippen molar-refractivity contribution in [3.63, 3.8) is 0 Å². The summed E-state index contributed by atoms with van der Waals surface area (Å²) in [5, 5.41) is 14.0. The van der Waals surface area contributed by atoms with Crippen molar-refractivity contribution in [2.24, 2.45) is 0 Å². The third-order valence-electron chi connectivity index (χ3n) is 4.79. The van der Waals surface area contributed by atoms with E-state index in [4.69, 9.17) is 4.42 Å². The minimum atomic E-state index is -4.45. The minimum absolute atomic E-state index is 0.121. The molecule has 0 spiro atoms. The Morgan fingerprint density at radius 2 is 1.86 bits per heavy atom. The summed E-state index contributed by atoms with van der Waals surface area (Å²) in [6, 6.07) is 13.0. The molecule has 146 valence electrons. The van der Waals surface area contributed by atoms with Gasteiger partial charge in [0, 0.05) is 12.5 Å². The van der Waals surface area contributed by atoms with Crippen LogP contribution in [0.25, 0.3) is 11.1 Å². The third-order valence-corrected chi connectivity index (χ3v) is 4.79. The standard InChI is InChI=1S/C22H20F3NO2/c1-13-4-2-5-14(10-13)11-18-20(27)19(21(28-18)26-17-8-9-17)15-6-3-7-16(12-15)22(23,24)25/h2-7,10,12,17,26-27H,8-9,11H2,1H3. The maximum atomic E-state index is 13.1. The predicted molar refractivity (Wildman–Crippen MR) is 101 cm³/mol. The maximum absolute atomic E-state index is 13.1. The Labute approximate surface area is 160 Å². The van der Waals surface area contributed by atoms with Gasteiger partial charge in [-0.1, -0.05) is 42.0 Å². The van der Waals surface area contributed by atoms with Crippen molar-refractivity contribution in [1.29, 1.82) is 0 Å². The molecule has 4 rings (SSSR count). The van der Waals surface area contributed by atoms with E-state index in [0.29, 0.717) is 18.1 Å². The van der Waals surface area contributed by atoms with Crippen molar-refractivity contribution in [2.45, 2.75) is 38.4 Å². The summed E-state index contributed by atoms with van der Waals surface area (Å²) in [6.07, 6.45) is -2.16. The zero-order valence-electron chi connectivity index (χ0n) is 15.3. The summed E-state index contributed by atoms with van der Waals surface area (Å²) in [4.78, 5) is 0. The molecule has 1 aliphatic carbocycles. The number of benzene rings is 2. The Morgan fingerprint density at radius 3 is 2.54 bits per heavy atom. The highest BCUT2D eigenvalue weighted by atomic mass is 19.4. The SMILES string of the molecule is Cc1cccc(Cc2oc(NC3CC3)c(-c3cccc(C(F)(F)F)c3)c2O)c1. The maximum Gasteiger partial charge on any atom is 0.416 e. The second-order valence-corrected chi connectivity index (χ2v) is 7.24.